The second-order valence-corrected chi connectivity index (χ2v) is 9.51. The van der Waals surface area contributed by atoms with Crippen molar-refractivity contribution in [2.45, 2.75) is 57.2 Å². The summed E-state index contributed by atoms with van der Waals surface area (Å²) in [5, 5.41) is 9.78. The molecule has 2 aromatic heterocycles. The van der Waals surface area contributed by atoms with E-state index in [1.54, 1.807) is 10.6 Å². The van der Waals surface area contributed by atoms with Crippen LogP contribution in [0.25, 0.3) is 0 Å². The van der Waals surface area contributed by atoms with Gasteiger partial charge in [0.25, 0.3) is 5.56 Å². The molecule has 2 bridgehead atoms. The van der Waals surface area contributed by atoms with Crippen LogP contribution < -0.4 is 5.56 Å². The fraction of sp³-hybridized carbons (Fsp3) is 0.560. The lowest BCUT2D eigenvalue weighted by Gasteiger charge is -2.47. The summed E-state index contributed by atoms with van der Waals surface area (Å²) in [6.45, 7) is 5.14. The molecule has 3 aliphatic rings. The molecule has 0 unspecified atom stereocenters. The van der Waals surface area contributed by atoms with E-state index in [2.05, 4.69) is 28.9 Å². The van der Waals surface area contributed by atoms with Crippen molar-refractivity contribution in [3.8, 4) is 0 Å². The van der Waals surface area contributed by atoms with E-state index in [0.717, 1.165) is 56.7 Å². The van der Waals surface area contributed by atoms with Gasteiger partial charge in [-0.3, -0.25) is 24.0 Å². The molecule has 7 nitrogen and oxygen atoms in total. The van der Waals surface area contributed by atoms with Gasteiger partial charge in [0.1, 0.15) is 6.04 Å². The van der Waals surface area contributed by atoms with Gasteiger partial charge in [-0.1, -0.05) is 19.1 Å². The number of nitrogens with zero attached hydrogens (tertiary/aromatic N) is 4. The van der Waals surface area contributed by atoms with E-state index in [0.29, 0.717) is 6.54 Å². The maximum absolute atomic E-state index is 13.7. The SMILES string of the molecule is CCc1ccc(CN2C[C@@H]3C[C@H](C2)[C@H](C(=O)N2CCC[C@H]2CO)n2c3cccc2=O)nc1. The van der Waals surface area contributed by atoms with Crippen molar-refractivity contribution in [3.63, 3.8) is 0 Å². The first-order valence-electron chi connectivity index (χ1n) is 11.9. The fourth-order valence-corrected chi connectivity index (χ4v) is 5.95. The van der Waals surface area contributed by atoms with Gasteiger partial charge in [-0.2, -0.15) is 0 Å². The van der Waals surface area contributed by atoms with Crippen LogP contribution in [-0.2, 0) is 17.8 Å². The maximum atomic E-state index is 13.7. The van der Waals surface area contributed by atoms with E-state index >= 15 is 0 Å². The average molecular weight is 437 g/mol. The van der Waals surface area contributed by atoms with Crippen molar-refractivity contribution in [2.75, 3.05) is 26.2 Å². The molecule has 0 saturated carbocycles. The lowest BCUT2D eigenvalue weighted by Crippen LogP contribution is -2.54. The number of hydrogen-bond donors (Lipinski definition) is 1. The Labute approximate surface area is 188 Å². The molecule has 170 valence electrons. The largest absolute Gasteiger partial charge is 0.394 e. The molecule has 5 rings (SSSR count). The molecule has 2 aromatic rings. The average Bonchev–Trinajstić information content (AvgIpc) is 3.29. The molecular formula is C25H32N4O3. The Morgan fingerprint density at radius 1 is 1.22 bits per heavy atom. The lowest BCUT2D eigenvalue weighted by molar-refractivity contribution is -0.140. The highest BCUT2D eigenvalue weighted by Crippen LogP contribution is 2.42. The molecule has 1 amide bonds. The summed E-state index contributed by atoms with van der Waals surface area (Å²) in [5.74, 6) is 0.296. The predicted molar refractivity (Wildman–Crippen MR) is 121 cm³/mol. The Morgan fingerprint density at radius 2 is 2.09 bits per heavy atom. The standard InChI is InChI=1S/C25H32N4O3/c1-2-17-8-9-20(26-12-17)15-27-13-18-11-19(14-27)24(29-22(18)6-3-7-23(29)31)25(32)28-10-4-5-21(28)16-30/h3,6-9,12,18-19,21,24,30H,2,4-5,10-11,13-16H2,1H3/t18-,19+,21-,24+/m0/s1. The zero-order chi connectivity index (χ0) is 22.2. The third-order valence-corrected chi connectivity index (χ3v) is 7.53. The second-order valence-electron chi connectivity index (χ2n) is 9.51. The molecule has 0 aliphatic carbocycles. The van der Waals surface area contributed by atoms with E-state index < -0.39 is 6.04 Å². The zero-order valence-electron chi connectivity index (χ0n) is 18.7. The van der Waals surface area contributed by atoms with Crippen molar-refractivity contribution >= 4 is 5.91 Å². The minimum absolute atomic E-state index is 0.00757. The third-order valence-electron chi connectivity index (χ3n) is 7.53. The van der Waals surface area contributed by atoms with Gasteiger partial charge in [0.15, 0.2) is 0 Å². The minimum Gasteiger partial charge on any atom is -0.394 e. The van der Waals surface area contributed by atoms with Crippen molar-refractivity contribution in [3.05, 3.63) is 63.8 Å². The van der Waals surface area contributed by atoms with Crippen molar-refractivity contribution in [1.29, 1.82) is 0 Å². The number of aryl methyl sites for hydroxylation is 1. The number of aliphatic hydroxyl groups excluding tert-OH is 1. The molecule has 2 saturated heterocycles. The zero-order valence-corrected chi connectivity index (χ0v) is 18.7. The number of carbonyl (C=O) groups excluding carboxylic acids is 1. The normalized spacial score (nSPS) is 27.4. The van der Waals surface area contributed by atoms with Crippen LogP contribution in [0.4, 0.5) is 0 Å². The molecule has 7 heteroatoms. The van der Waals surface area contributed by atoms with Gasteiger partial charge in [-0.05, 0) is 43.4 Å². The Bertz CT molecular complexity index is 1030. The van der Waals surface area contributed by atoms with Gasteiger partial charge in [0, 0.05) is 56.0 Å². The van der Waals surface area contributed by atoms with Gasteiger partial charge in [0.05, 0.1) is 18.3 Å². The number of pyridine rings is 2. The summed E-state index contributed by atoms with van der Waals surface area (Å²) in [6.07, 6.45) is 5.56. The summed E-state index contributed by atoms with van der Waals surface area (Å²) >= 11 is 0. The van der Waals surface area contributed by atoms with Crippen LogP contribution >= 0.6 is 0 Å². The fourth-order valence-electron chi connectivity index (χ4n) is 5.95. The summed E-state index contributed by atoms with van der Waals surface area (Å²) in [6, 6.07) is 8.98. The predicted octanol–water partition coefficient (Wildman–Crippen LogP) is 1.95. The number of aromatic nitrogens is 2. The van der Waals surface area contributed by atoms with Crippen LogP contribution in [0, 0.1) is 5.92 Å². The third kappa shape index (κ3) is 3.77. The van der Waals surface area contributed by atoms with E-state index in [1.807, 2.05) is 23.2 Å². The molecule has 0 spiro atoms. The number of fused-ring (bicyclic) bond motifs is 4. The summed E-state index contributed by atoms with van der Waals surface area (Å²) in [7, 11) is 0. The van der Waals surface area contributed by atoms with Crippen LogP contribution in [0.15, 0.2) is 41.3 Å². The molecule has 3 aliphatic heterocycles. The van der Waals surface area contributed by atoms with Crippen molar-refractivity contribution < 1.29 is 9.90 Å². The number of likely N-dealkylation sites (tertiary alicyclic amines) is 2. The summed E-state index contributed by atoms with van der Waals surface area (Å²) < 4.78 is 1.76. The van der Waals surface area contributed by atoms with E-state index in [-0.39, 0.29) is 36.0 Å². The first-order chi connectivity index (χ1) is 15.6. The van der Waals surface area contributed by atoms with Crippen LogP contribution in [0.3, 0.4) is 0 Å². The lowest BCUT2D eigenvalue weighted by atomic mass is 9.78. The highest BCUT2D eigenvalue weighted by atomic mass is 16.3. The minimum atomic E-state index is -0.500. The monoisotopic (exact) mass is 436 g/mol. The highest BCUT2D eigenvalue weighted by Gasteiger charge is 2.46. The number of aliphatic hydroxyl groups is 1. The van der Waals surface area contributed by atoms with E-state index in [1.165, 1.54) is 5.56 Å². The highest BCUT2D eigenvalue weighted by molar-refractivity contribution is 5.82. The summed E-state index contributed by atoms with van der Waals surface area (Å²) in [4.78, 5) is 35.5. The van der Waals surface area contributed by atoms with Gasteiger partial charge < -0.3 is 10.0 Å². The number of piperidine rings is 1. The first-order valence-corrected chi connectivity index (χ1v) is 11.9. The maximum Gasteiger partial charge on any atom is 0.251 e. The van der Waals surface area contributed by atoms with Gasteiger partial charge in [0.2, 0.25) is 5.91 Å². The number of carbonyl (C=O) groups is 1. The summed E-state index contributed by atoms with van der Waals surface area (Å²) in [5.41, 5.74) is 3.13. The Kier molecular flexibility index (Phi) is 5.86. The van der Waals surface area contributed by atoms with Gasteiger partial charge in [-0.25, -0.2) is 0 Å². The molecule has 2 fully saturated rings. The molecular weight excluding hydrogens is 404 g/mol. The quantitative estimate of drug-likeness (QED) is 0.775. The Balaban J connectivity index is 1.45. The van der Waals surface area contributed by atoms with Gasteiger partial charge in [-0.15, -0.1) is 0 Å². The van der Waals surface area contributed by atoms with Crippen LogP contribution in [0.1, 0.15) is 55.1 Å². The molecule has 0 radical (unpaired) electrons. The van der Waals surface area contributed by atoms with Crippen molar-refractivity contribution in [2.24, 2.45) is 5.92 Å². The van der Waals surface area contributed by atoms with Gasteiger partial charge >= 0.3 is 0 Å². The number of rotatable bonds is 5. The number of hydrogen-bond acceptors (Lipinski definition) is 5. The molecule has 32 heavy (non-hydrogen) atoms. The van der Waals surface area contributed by atoms with Crippen LogP contribution in [-0.4, -0.2) is 62.6 Å². The Hall–Kier alpha value is -2.51. The van der Waals surface area contributed by atoms with E-state index in [4.69, 9.17) is 0 Å². The Morgan fingerprint density at radius 3 is 2.84 bits per heavy atom. The van der Waals surface area contributed by atoms with Crippen LogP contribution in [0.2, 0.25) is 0 Å². The molecule has 5 heterocycles. The van der Waals surface area contributed by atoms with Crippen LogP contribution in [0.5, 0.6) is 0 Å². The van der Waals surface area contributed by atoms with Crippen molar-refractivity contribution in [1.82, 2.24) is 19.4 Å². The molecule has 1 N–H and O–H groups in total. The molecule has 4 atom stereocenters. The second kappa shape index (κ2) is 8.79. The molecule has 0 aromatic carbocycles. The topological polar surface area (TPSA) is 78.7 Å². The number of amides is 1. The van der Waals surface area contributed by atoms with E-state index in [9.17, 15) is 14.7 Å². The smallest absolute Gasteiger partial charge is 0.251 e. The first kappa shape index (κ1) is 21.3.